The maximum absolute atomic E-state index is 6.12. The van der Waals surface area contributed by atoms with E-state index in [1.165, 1.54) is 11.3 Å². The molecule has 3 aromatic rings. The highest BCUT2D eigenvalue weighted by molar-refractivity contribution is 7.17. The molecular weight excluding hydrogens is 318 g/mol. The lowest BCUT2D eigenvalue weighted by Crippen LogP contribution is -1.91. The standard InChI is InChI=1S/C15H12ClN5S/c16-14-12(10-18-21-13-8-4-5-9-17-13)22-15(20-14)19-11-6-2-1-3-7-11/h1-10H,(H,17,21)(H,19,20)/b18-10+. The van der Waals surface area contributed by atoms with Crippen molar-refractivity contribution in [3.8, 4) is 0 Å². The summed E-state index contributed by atoms with van der Waals surface area (Å²) in [6.07, 6.45) is 3.32. The Bertz CT molecular complexity index is 758. The summed E-state index contributed by atoms with van der Waals surface area (Å²) in [5.74, 6) is 0.669. The van der Waals surface area contributed by atoms with Crippen molar-refractivity contribution in [3.05, 3.63) is 64.8 Å². The van der Waals surface area contributed by atoms with Crippen LogP contribution in [0.4, 0.5) is 16.6 Å². The minimum absolute atomic E-state index is 0.412. The summed E-state index contributed by atoms with van der Waals surface area (Å²) >= 11 is 7.54. The Kier molecular flexibility index (Phi) is 4.62. The van der Waals surface area contributed by atoms with Gasteiger partial charge in [0.2, 0.25) is 0 Å². The first-order valence-electron chi connectivity index (χ1n) is 6.50. The smallest absolute Gasteiger partial charge is 0.189 e. The molecule has 0 amide bonds. The minimum atomic E-state index is 0.412. The fraction of sp³-hybridized carbons (Fsp3) is 0. The van der Waals surface area contributed by atoms with Crippen LogP contribution >= 0.6 is 22.9 Å². The van der Waals surface area contributed by atoms with Gasteiger partial charge in [0.25, 0.3) is 0 Å². The summed E-state index contributed by atoms with van der Waals surface area (Å²) < 4.78 is 0. The van der Waals surface area contributed by atoms with Crippen molar-refractivity contribution in [3.63, 3.8) is 0 Å². The predicted octanol–water partition coefficient (Wildman–Crippen LogP) is 4.38. The molecule has 0 aliphatic carbocycles. The molecule has 22 heavy (non-hydrogen) atoms. The molecule has 0 saturated heterocycles. The lowest BCUT2D eigenvalue weighted by atomic mass is 10.3. The second-order valence-corrected chi connectivity index (χ2v) is 5.64. The van der Waals surface area contributed by atoms with Gasteiger partial charge in [0.05, 0.1) is 11.1 Å². The van der Waals surface area contributed by atoms with Crippen LogP contribution in [0.25, 0.3) is 0 Å². The predicted molar refractivity (Wildman–Crippen MR) is 92.3 cm³/mol. The second-order valence-electron chi connectivity index (χ2n) is 4.25. The molecule has 0 aliphatic heterocycles. The van der Waals surface area contributed by atoms with Gasteiger partial charge in [-0.15, -0.1) is 0 Å². The van der Waals surface area contributed by atoms with Crippen LogP contribution in [-0.4, -0.2) is 16.2 Å². The summed E-state index contributed by atoms with van der Waals surface area (Å²) in [7, 11) is 0. The first-order chi connectivity index (χ1) is 10.8. The third-order valence-electron chi connectivity index (χ3n) is 2.66. The second kappa shape index (κ2) is 7.02. The Balaban J connectivity index is 1.67. The maximum Gasteiger partial charge on any atom is 0.189 e. The van der Waals surface area contributed by atoms with Gasteiger partial charge in [-0.3, -0.25) is 5.43 Å². The summed E-state index contributed by atoms with van der Waals surface area (Å²) in [6.45, 7) is 0. The zero-order chi connectivity index (χ0) is 15.2. The molecule has 0 atom stereocenters. The van der Waals surface area contributed by atoms with E-state index < -0.39 is 0 Å². The number of pyridine rings is 1. The number of nitrogens with one attached hydrogen (secondary N) is 2. The van der Waals surface area contributed by atoms with Crippen molar-refractivity contribution < 1.29 is 0 Å². The van der Waals surface area contributed by atoms with E-state index in [0.29, 0.717) is 11.0 Å². The number of thiazole rings is 1. The van der Waals surface area contributed by atoms with Crippen molar-refractivity contribution in [2.75, 3.05) is 10.7 Å². The van der Waals surface area contributed by atoms with E-state index in [9.17, 15) is 0 Å². The number of anilines is 3. The summed E-state index contributed by atoms with van der Waals surface area (Å²) in [4.78, 5) is 9.15. The van der Waals surface area contributed by atoms with Gasteiger partial charge in [0.15, 0.2) is 10.3 Å². The van der Waals surface area contributed by atoms with Gasteiger partial charge in [-0.1, -0.05) is 47.2 Å². The Morgan fingerprint density at radius 1 is 1.09 bits per heavy atom. The summed E-state index contributed by atoms with van der Waals surface area (Å²) in [6, 6.07) is 15.4. The van der Waals surface area contributed by atoms with Gasteiger partial charge in [-0.05, 0) is 24.3 Å². The molecule has 110 valence electrons. The molecule has 0 aliphatic rings. The molecule has 2 N–H and O–H groups in total. The van der Waals surface area contributed by atoms with E-state index in [1.54, 1.807) is 12.4 Å². The van der Waals surface area contributed by atoms with Crippen LogP contribution in [0.15, 0.2) is 59.8 Å². The zero-order valence-electron chi connectivity index (χ0n) is 11.4. The largest absolute Gasteiger partial charge is 0.331 e. The monoisotopic (exact) mass is 329 g/mol. The Labute approximate surface area is 136 Å². The Hall–Kier alpha value is -2.44. The fourth-order valence-electron chi connectivity index (χ4n) is 1.68. The summed E-state index contributed by atoms with van der Waals surface area (Å²) in [5, 5.41) is 8.45. The van der Waals surface area contributed by atoms with Crippen LogP contribution in [0.2, 0.25) is 5.15 Å². The van der Waals surface area contributed by atoms with Crippen molar-refractivity contribution in [2.24, 2.45) is 5.10 Å². The quantitative estimate of drug-likeness (QED) is 0.538. The van der Waals surface area contributed by atoms with Gasteiger partial charge in [0.1, 0.15) is 5.82 Å². The SMILES string of the molecule is Clc1nc(Nc2ccccc2)sc1/C=N/Nc1ccccn1. The van der Waals surface area contributed by atoms with E-state index in [-0.39, 0.29) is 0 Å². The normalized spacial score (nSPS) is 10.8. The number of para-hydroxylation sites is 1. The number of hydrogen-bond acceptors (Lipinski definition) is 6. The number of hydrogen-bond donors (Lipinski definition) is 2. The van der Waals surface area contributed by atoms with Crippen LogP contribution in [0.5, 0.6) is 0 Å². The molecule has 1 aromatic carbocycles. The van der Waals surface area contributed by atoms with Crippen LogP contribution in [0, 0.1) is 0 Å². The van der Waals surface area contributed by atoms with Crippen molar-refractivity contribution >= 4 is 45.8 Å². The zero-order valence-corrected chi connectivity index (χ0v) is 13.0. The molecule has 0 radical (unpaired) electrons. The first-order valence-corrected chi connectivity index (χ1v) is 7.69. The molecule has 2 heterocycles. The van der Waals surface area contributed by atoms with Crippen molar-refractivity contribution in [2.45, 2.75) is 0 Å². The van der Waals surface area contributed by atoms with Gasteiger partial charge in [-0.2, -0.15) is 5.10 Å². The summed E-state index contributed by atoms with van der Waals surface area (Å²) in [5.41, 5.74) is 3.80. The highest BCUT2D eigenvalue weighted by Gasteiger charge is 2.07. The number of rotatable bonds is 5. The van der Waals surface area contributed by atoms with Crippen LogP contribution < -0.4 is 10.7 Å². The molecule has 0 spiro atoms. The molecule has 5 nitrogen and oxygen atoms in total. The molecule has 0 bridgehead atoms. The van der Waals surface area contributed by atoms with Crippen LogP contribution in [0.3, 0.4) is 0 Å². The van der Waals surface area contributed by atoms with Gasteiger partial charge in [-0.25, -0.2) is 9.97 Å². The number of nitrogens with zero attached hydrogens (tertiary/aromatic N) is 3. The Morgan fingerprint density at radius 3 is 2.68 bits per heavy atom. The van der Waals surface area contributed by atoms with E-state index in [4.69, 9.17) is 11.6 Å². The average molecular weight is 330 g/mol. The topological polar surface area (TPSA) is 62.2 Å². The molecule has 7 heteroatoms. The third-order valence-corrected chi connectivity index (χ3v) is 3.97. The number of aromatic nitrogens is 2. The molecule has 0 unspecified atom stereocenters. The lowest BCUT2D eigenvalue weighted by Gasteiger charge is -1.99. The van der Waals surface area contributed by atoms with Gasteiger partial charge in [0, 0.05) is 11.9 Å². The molecular formula is C15H12ClN5S. The van der Waals surface area contributed by atoms with Crippen LogP contribution in [-0.2, 0) is 0 Å². The third kappa shape index (κ3) is 3.81. The lowest BCUT2D eigenvalue weighted by molar-refractivity contribution is 1.23. The van der Waals surface area contributed by atoms with E-state index in [2.05, 4.69) is 25.8 Å². The van der Waals surface area contributed by atoms with Crippen LogP contribution in [0.1, 0.15) is 4.88 Å². The number of halogens is 1. The highest BCUT2D eigenvalue weighted by Crippen LogP contribution is 2.27. The van der Waals surface area contributed by atoms with Gasteiger partial charge >= 0.3 is 0 Å². The van der Waals surface area contributed by atoms with E-state index in [1.807, 2.05) is 48.5 Å². The molecule has 0 saturated carbocycles. The minimum Gasteiger partial charge on any atom is -0.331 e. The average Bonchev–Trinajstić information content (AvgIpc) is 2.89. The molecule has 2 aromatic heterocycles. The molecule has 3 rings (SSSR count). The van der Waals surface area contributed by atoms with Gasteiger partial charge < -0.3 is 5.32 Å². The number of benzene rings is 1. The van der Waals surface area contributed by atoms with Crippen molar-refractivity contribution in [1.29, 1.82) is 0 Å². The fourth-order valence-corrected chi connectivity index (χ4v) is 2.73. The van der Waals surface area contributed by atoms with E-state index in [0.717, 1.165) is 15.7 Å². The Morgan fingerprint density at radius 2 is 1.91 bits per heavy atom. The highest BCUT2D eigenvalue weighted by atomic mass is 35.5. The number of hydrazone groups is 1. The first kappa shape index (κ1) is 14.5. The maximum atomic E-state index is 6.12. The molecule has 0 fully saturated rings. The van der Waals surface area contributed by atoms with E-state index >= 15 is 0 Å². The van der Waals surface area contributed by atoms with Crippen molar-refractivity contribution in [1.82, 2.24) is 9.97 Å².